The summed E-state index contributed by atoms with van der Waals surface area (Å²) in [6.07, 6.45) is -0.918. The van der Waals surface area contributed by atoms with Crippen molar-refractivity contribution >= 4 is 21.8 Å². The Morgan fingerprint density at radius 3 is 2.49 bits per heavy atom. The molecule has 0 aliphatic carbocycles. The third-order valence-electron chi connectivity index (χ3n) is 7.08. The van der Waals surface area contributed by atoms with Crippen LogP contribution in [-0.2, 0) is 30.7 Å². The van der Waals surface area contributed by atoms with E-state index in [1.54, 1.807) is 7.05 Å². The Kier molecular flexibility index (Phi) is 9.97. The quantitative estimate of drug-likeness (QED) is 0.361. The number of aliphatic hydroxyl groups excluding tert-OH is 1. The number of anilines is 1. The Balaban J connectivity index is 1.40. The molecular weight excluding hydrogens is 522 g/mol. The minimum Gasteiger partial charge on any atom is -0.443 e. The molecule has 11 heteroatoms. The first-order valence-corrected chi connectivity index (χ1v) is 14.8. The van der Waals surface area contributed by atoms with Gasteiger partial charge in [-0.3, -0.25) is 5.32 Å². The molecule has 0 saturated carbocycles. The SMILES string of the molecule is CN[C@@H](Cc1ccccc1)[C@H](O)CN(CC(C)C)S(=O)(=O)c1ccc(NC(=O)O[C@@H]2CO[C@@H]3OCC[C@@H]32)cc1. The van der Waals surface area contributed by atoms with Gasteiger partial charge in [-0.05, 0) is 55.6 Å². The lowest BCUT2D eigenvalue weighted by molar-refractivity contribution is -0.0907. The third kappa shape index (κ3) is 7.56. The molecule has 2 aliphatic heterocycles. The van der Waals surface area contributed by atoms with E-state index in [0.29, 0.717) is 18.7 Å². The highest BCUT2D eigenvalue weighted by Crippen LogP contribution is 2.33. The van der Waals surface area contributed by atoms with Crippen LogP contribution in [0.3, 0.4) is 0 Å². The van der Waals surface area contributed by atoms with Gasteiger partial charge in [-0.1, -0.05) is 44.2 Å². The largest absolute Gasteiger partial charge is 0.443 e. The summed E-state index contributed by atoms with van der Waals surface area (Å²) in [7, 11) is -2.15. The maximum Gasteiger partial charge on any atom is 0.411 e. The number of fused-ring (bicyclic) bond motifs is 1. The van der Waals surface area contributed by atoms with E-state index < -0.39 is 22.2 Å². The number of benzene rings is 2. The van der Waals surface area contributed by atoms with Crippen LogP contribution in [0.2, 0.25) is 0 Å². The zero-order valence-corrected chi connectivity index (χ0v) is 23.5. The molecule has 3 N–H and O–H groups in total. The molecule has 1 amide bonds. The lowest BCUT2D eigenvalue weighted by Crippen LogP contribution is -2.48. The molecular formula is C28H39N3O7S. The summed E-state index contributed by atoms with van der Waals surface area (Å²) < 4.78 is 45.0. The Hall–Kier alpha value is -2.54. The predicted molar refractivity (Wildman–Crippen MR) is 147 cm³/mol. The number of sulfonamides is 1. The zero-order valence-electron chi connectivity index (χ0n) is 22.7. The van der Waals surface area contributed by atoms with Crippen LogP contribution in [0.5, 0.6) is 0 Å². The number of aliphatic hydroxyl groups is 1. The van der Waals surface area contributed by atoms with Crippen LogP contribution in [0.1, 0.15) is 25.8 Å². The van der Waals surface area contributed by atoms with Crippen molar-refractivity contribution in [1.29, 1.82) is 0 Å². The molecule has 0 aromatic heterocycles. The van der Waals surface area contributed by atoms with Crippen LogP contribution in [0.4, 0.5) is 10.5 Å². The number of likely N-dealkylation sites (N-methyl/N-ethyl adjacent to an activating group) is 1. The van der Waals surface area contributed by atoms with Gasteiger partial charge in [0.05, 0.1) is 30.1 Å². The number of hydrogen-bond acceptors (Lipinski definition) is 8. The van der Waals surface area contributed by atoms with Crippen molar-refractivity contribution in [3.8, 4) is 0 Å². The molecule has 0 spiro atoms. The molecule has 39 heavy (non-hydrogen) atoms. The number of amides is 1. The first kappa shape index (κ1) is 29.4. The molecule has 2 aromatic carbocycles. The molecule has 4 rings (SSSR count). The number of ether oxygens (including phenoxy) is 3. The fraction of sp³-hybridized carbons (Fsp3) is 0.536. The van der Waals surface area contributed by atoms with Gasteiger partial charge >= 0.3 is 6.09 Å². The van der Waals surface area contributed by atoms with E-state index in [9.17, 15) is 18.3 Å². The summed E-state index contributed by atoms with van der Waals surface area (Å²) in [5.41, 5.74) is 1.46. The van der Waals surface area contributed by atoms with Crippen molar-refractivity contribution in [1.82, 2.24) is 9.62 Å². The van der Waals surface area contributed by atoms with E-state index >= 15 is 0 Å². The number of nitrogens with zero attached hydrogens (tertiary/aromatic N) is 1. The van der Waals surface area contributed by atoms with E-state index in [0.717, 1.165) is 12.0 Å². The van der Waals surface area contributed by atoms with Crippen LogP contribution in [-0.4, -0.2) is 81.8 Å². The molecule has 0 bridgehead atoms. The molecule has 0 radical (unpaired) electrons. The van der Waals surface area contributed by atoms with Crippen LogP contribution < -0.4 is 10.6 Å². The second-order valence-electron chi connectivity index (χ2n) is 10.5. The van der Waals surface area contributed by atoms with Crippen LogP contribution in [0.25, 0.3) is 0 Å². The highest BCUT2D eigenvalue weighted by atomic mass is 32.2. The van der Waals surface area contributed by atoms with Gasteiger partial charge in [-0.25, -0.2) is 13.2 Å². The van der Waals surface area contributed by atoms with Crippen LogP contribution in [0.15, 0.2) is 59.5 Å². The van der Waals surface area contributed by atoms with Gasteiger partial charge in [0, 0.05) is 24.8 Å². The second kappa shape index (κ2) is 13.2. The molecule has 2 fully saturated rings. The summed E-state index contributed by atoms with van der Waals surface area (Å²) in [6, 6.07) is 15.4. The fourth-order valence-corrected chi connectivity index (χ4v) is 6.63. The maximum absolute atomic E-state index is 13.6. The van der Waals surface area contributed by atoms with Crippen molar-refractivity contribution in [2.45, 2.75) is 56.1 Å². The number of hydrogen-bond donors (Lipinski definition) is 3. The minimum atomic E-state index is -3.91. The molecule has 2 saturated heterocycles. The second-order valence-corrected chi connectivity index (χ2v) is 12.4. The summed E-state index contributed by atoms with van der Waals surface area (Å²) in [5.74, 6) is 0.0787. The predicted octanol–water partition coefficient (Wildman–Crippen LogP) is 2.83. The van der Waals surface area contributed by atoms with Gasteiger partial charge in [0.25, 0.3) is 0 Å². The van der Waals surface area contributed by atoms with Crippen LogP contribution >= 0.6 is 0 Å². The Morgan fingerprint density at radius 2 is 1.82 bits per heavy atom. The number of rotatable bonds is 12. The van der Waals surface area contributed by atoms with E-state index in [1.165, 1.54) is 28.6 Å². The normalized spacial score (nSPS) is 22.6. The third-order valence-corrected chi connectivity index (χ3v) is 8.92. The first-order chi connectivity index (χ1) is 18.7. The molecule has 10 nitrogen and oxygen atoms in total. The van der Waals surface area contributed by atoms with Gasteiger partial charge in [-0.2, -0.15) is 4.31 Å². The first-order valence-electron chi connectivity index (χ1n) is 13.4. The molecule has 2 aliphatic rings. The maximum atomic E-state index is 13.6. The minimum absolute atomic E-state index is 0.0285. The van der Waals surface area contributed by atoms with Crippen LogP contribution in [0, 0.1) is 11.8 Å². The van der Waals surface area contributed by atoms with E-state index in [-0.39, 0.29) is 54.9 Å². The standard InChI is InChI=1S/C28H39N3O7S/c1-19(2)16-31(17-25(32)24(29-3)15-20-7-5-4-6-8-20)39(34,35)22-11-9-21(10-12-22)30-28(33)38-26-18-37-27-23(26)13-14-36-27/h4-12,19,23-27,29,32H,13-18H2,1-3H3,(H,30,33)/t23-,24+,25-,26-,27+/m1/s1. The Labute approximate surface area is 230 Å². The number of nitrogens with one attached hydrogen (secondary N) is 2. The summed E-state index contributed by atoms with van der Waals surface area (Å²) in [5, 5.41) is 16.8. The lowest BCUT2D eigenvalue weighted by Gasteiger charge is -2.30. The molecule has 2 heterocycles. The molecule has 214 valence electrons. The highest BCUT2D eigenvalue weighted by molar-refractivity contribution is 7.89. The monoisotopic (exact) mass is 561 g/mol. The average Bonchev–Trinajstić information content (AvgIpc) is 3.52. The Morgan fingerprint density at radius 1 is 1.10 bits per heavy atom. The average molecular weight is 562 g/mol. The van der Waals surface area contributed by atoms with E-state index in [1.807, 2.05) is 44.2 Å². The van der Waals surface area contributed by atoms with Gasteiger partial charge < -0.3 is 24.6 Å². The summed E-state index contributed by atoms with van der Waals surface area (Å²) >= 11 is 0. The lowest BCUT2D eigenvalue weighted by atomic mass is 10.0. The summed E-state index contributed by atoms with van der Waals surface area (Å²) in [6.45, 7) is 4.94. The zero-order chi connectivity index (χ0) is 28.0. The van der Waals surface area contributed by atoms with Crippen molar-refractivity contribution in [3.63, 3.8) is 0 Å². The van der Waals surface area contributed by atoms with Crippen molar-refractivity contribution < 1.29 is 32.5 Å². The molecule has 2 aromatic rings. The number of carbonyl (C=O) groups is 1. The highest BCUT2D eigenvalue weighted by Gasteiger charge is 2.43. The van der Waals surface area contributed by atoms with E-state index in [4.69, 9.17) is 14.2 Å². The number of carbonyl (C=O) groups excluding carboxylic acids is 1. The van der Waals surface area contributed by atoms with Crippen molar-refractivity contribution in [2.24, 2.45) is 11.8 Å². The summed E-state index contributed by atoms with van der Waals surface area (Å²) in [4.78, 5) is 12.5. The van der Waals surface area contributed by atoms with Crippen molar-refractivity contribution in [2.75, 3.05) is 38.7 Å². The van der Waals surface area contributed by atoms with Gasteiger partial charge in [0.2, 0.25) is 10.0 Å². The fourth-order valence-electron chi connectivity index (χ4n) is 5.00. The Bertz CT molecular complexity index is 1180. The molecule has 0 unspecified atom stereocenters. The topological polar surface area (TPSA) is 126 Å². The smallest absolute Gasteiger partial charge is 0.411 e. The van der Waals surface area contributed by atoms with Crippen molar-refractivity contribution in [3.05, 3.63) is 60.2 Å². The van der Waals surface area contributed by atoms with Gasteiger partial charge in [0.1, 0.15) is 6.10 Å². The van der Waals surface area contributed by atoms with Gasteiger partial charge in [0.15, 0.2) is 6.29 Å². The van der Waals surface area contributed by atoms with Gasteiger partial charge in [-0.15, -0.1) is 0 Å². The van der Waals surface area contributed by atoms with E-state index in [2.05, 4.69) is 10.6 Å². The molecule has 5 atom stereocenters.